The normalized spacial score (nSPS) is 13.7. The molecule has 1 aliphatic heterocycles. The Kier molecular flexibility index (Phi) is 5.19. The first-order chi connectivity index (χ1) is 12.1. The van der Waals surface area contributed by atoms with Crippen LogP contribution in [0.1, 0.15) is 29.3 Å². The van der Waals surface area contributed by atoms with Gasteiger partial charge in [0.15, 0.2) is 0 Å². The summed E-state index contributed by atoms with van der Waals surface area (Å²) >= 11 is 5.96. The van der Waals surface area contributed by atoms with Crippen LogP contribution in [-0.4, -0.2) is 29.9 Å². The Morgan fingerprint density at radius 2 is 2.16 bits per heavy atom. The number of fused-ring (bicyclic) bond motifs is 1. The molecule has 0 aliphatic carbocycles. The monoisotopic (exact) mass is 358 g/mol. The minimum atomic E-state index is -0.141. The SMILES string of the molecule is CCCNC(=O)c1ccc2c(c1)NC(=O)CN(c1ccnc(Cl)c1)C2. The molecule has 0 atom stereocenters. The smallest absolute Gasteiger partial charge is 0.251 e. The zero-order valence-electron chi connectivity index (χ0n) is 13.9. The number of halogens is 1. The third-order valence-corrected chi connectivity index (χ3v) is 4.16. The second-order valence-electron chi connectivity index (χ2n) is 5.87. The molecule has 2 heterocycles. The van der Waals surface area contributed by atoms with Crippen molar-refractivity contribution < 1.29 is 9.59 Å². The van der Waals surface area contributed by atoms with Crippen LogP contribution in [0.4, 0.5) is 11.4 Å². The molecule has 0 unspecified atom stereocenters. The fourth-order valence-corrected chi connectivity index (χ4v) is 2.88. The molecule has 6 nitrogen and oxygen atoms in total. The highest BCUT2D eigenvalue weighted by molar-refractivity contribution is 6.29. The molecule has 0 saturated heterocycles. The van der Waals surface area contributed by atoms with E-state index in [0.29, 0.717) is 29.5 Å². The second kappa shape index (κ2) is 7.53. The van der Waals surface area contributed by atoms with E-state index in [0.717, 1.165) is 17.7 Å². The predicted molar refractivity (Wildman–Crippen MR) is 98.0 cm³/mol. The van der Waals surface area contributed by atoms with Gasteiger partial charge in [-0.05, 0) is 36.2 Å². The minimum absolute atomic E-state index is 0.138. The first kappa shape index (κ1) is 17.2. The molecule has 2 amide bonds. The summed E-state index contributed by atoms with van der Waals surface area (Å²) in [5.41, 5.74) is 2.96. The summed E-state index contributed by atoms with van der Waals surface area (Å²) < 4.78 is 0. The first-order valence-electron chi connectivity index (χ1n) is 8.14. The molecule has 1 aromatic carbocycles. The maximum Gasteiger partial charge on any atom is 0.251 e. The van der Waals surface area contributed by atoms with E-state index in [4.69, 9.17) is 11.6 Å². The van der Waals surface area contributed by atoms with Crippen molar-refractivity contribution in [2.24, 2.45) is 0 Å². The Labute approximate surface area is 151 Å². The van der Waals surface area contributed by atoms with Crippen molar-refractivity contribution in [3.8, 4) is 0 Å². The summed E-state index contributed by atoms with van der Waals surface area (Å²) in [5, 5.41) is 6.10. The number of aromatic nitrogens is 1. The number of nitrogens with one attached hydrogen (secondary N) is 2. The molecule has 130 valence electrons. The molecular formula is C18H19ClN4O2. The van der Waals surface area contributed by atoms with Crippen molar-refractivity contribution in [3.63, 3.8) is 0 Å². The molecule has 1 aromatic heterocycles. The molecule has 0 radical (unpaired) electrons. The van der Waals surface area contributed by atoms with Gasteiger partial charge in [-0.25, -0.2) is 4.98 Å². The van der Waals surface area contributed by atoms with Gasteiger partial charge in [0.05, 0.1) is 6.54 Å². The zero-order valence-corrected chi connectivity index (χ0v) is 14.6. The summed E-state index contributed by atoms with van der Waals surface area (Å²) in [7, 11) is 0. The van der Waals surface area contributed by atoms with Gasteiger partial charge in [-0.15, -0.1) is 0 Å². The fourth-order valence-electron chi connectivity index (χ4n) is 2.71. The molecule has 0 spiro atoms. The van der Waals surface area contributed by atoms with Gasteiger partial charge in [0.25, 0.3) is 5.91 Å². The van der Waals surface area contributed by atoms with Crippen molar-refractivity contribution in [1.29, 1.82) is 0 Å². The summed E-state index contributed by atoms with van der Waals surface area (Å²) in [6.45, 7) is 3.36. The van der Waals surface area contributed by atoms with E-state index in [9.17, 15) is 9.59 Å². The minimum Gasteiger partial charge on any atom is -0.358 e. The lowest BCUT2D eigenvalue weighted by Crippen LogP contribution is -2.29. The number of carbonyl (C=O) groups is 2. The highest BCUT2D eigenvalue weighted by Crippen LogP contribution is 2.26. The first-order valence-corrected chi connectivity index (χ1v) is 8.52. The number of hydrogen-bond donors (Lipinski definition) is 2. The van der Waals surface area contributed by atoms with Crippen LogP contribution in [-0.2, 0) is 11.3 Å². The lowest BCUT2D eigenvalue weighted by atomic mass is 10.1. The van der Waals surface area contributed by atoms with E-state index in [-0.39, 0.29) is 18.4 Å². The lowest BCUT2D eigenvalue weighted by Gasteiger charge is -2.21. The second-order valence-corrected chi connectivity index (χ2v) is 6.26. The van der Waals surface area contributed by atoms with E-state index < -0.39 is 0 Å². The maximum absolute atomic E-state index is 12.3. The molecule has 0 fully saturated rings. The van der Waals surface area contributed by atoms with Gasteiger partial charge in [0.1, 0.15) is 5.15 Å². The van der Waals surface area contributed by atoms with Crippen LogP contribution in [0.3, 0.4) is 0 Å². The Bertz CT molecular complexity index is 809. The standard InChI is InChI=1S/C18H19ClN4O2/c1-2-6-21-18(25)12-3-4-13-10-23(11-17(24)22-15(13)8-12)14-5-7-20-16(19)9-14/h3-5,7-9H,2,6,10-11H2,1H3,(H,21,25)(H,22,24). The van der Waals surface area contributed by atoms with Crippen molar-refractivity contribution in [2.45, 2.75) is 19.9 Å². The molecule has 25 heavy (non-hydrogen) atoms. The summed E-state index contributed by atoms with van der Waals surface area (Å²) in [4.78, 5) is 30.3. The van der Waals surface area contributed by atoms with Crippen molar-refractivity contribution in [1.82, 2.24) is 10.3 Å². The molecule has 2 N–H and O–H groups in total. The lowest BCUT2D eigenvalue weighted by molar-refractivity contribution is -0.114. The van der Waals surface area contributed by atoms with Gasteiger partial charge in [-0.3, -0.25) is 9.59 Å². The number of carbonyl (C=O) groups excluding carboxylic acids is 2. The topological polar surface area (TPSA) is 74.3 Å². The fraction of sp³-hybridized carbons (Fsp3) is 0.278. The molecule has 0 saturated carbocycles. The highest BCUT2D eigenvalue weighted by atomic mass is 35.5. The highest BCUT2D eigenvalue weighted by Gasteiger charge is 2.21. The Hall–Kier alpha value is -2.60. The number of hydrogen-bond acceptors (Lipinski definition) is 4. The number of nitrogens with zero attached hydrogens (tertiary/aromatic N) is 2. The molecule has 3 rings (SSSR count). The molecule has 7 heteroatoms. The number of amides is 2. The zero-order chi connectivity index (χ0) is 17.8. The van der Waals surface area contributed by atoms with Crippen molar-refractivity contribution >= 4 is 34.8 Å². The van der Waals surface area contributed by atoms with Gasteiger partial charge in [0.2, 0.25) is 5.91 Å². The molecule has 1 aliphatic rings. The van der Waals surface area contributed by atoms with Gasteiger partial charge in [0, 0.05) is 36.2 Å². The summed E-state index contributed by atoms with van der Waals surface area (Å²) in [6, 6.07) is 8.92. The quantitative estimate of drug-likeness (QED) is 0.824. The van der Waals surface area contributed by atoms with Crippen molar-refractivity contribution in [3.05, 3.63) is 52.8 Å². The molecular weight excluding hydrogens is 340 g/mol. The number of anilines is 2. The van der Waals surface area contributed by atoms with Gasteiger partial charge < -0.3 is 15.5 Å². The molecule has 2 aromatic rings. The van der Waals surface area contributed by atoms with Crippen LogP contribution in [0, 0.1) is 0 Å². The van der Waals surface area contributed by atoms with E-state index in [1.807, 2.05) is 24.0 Å². The van der Waals surface area contributed by atoms with Crippen LogP contribution in [0.15, 0.2) is 36.5 Å². The van der Waals surface area contributed by atoms with Gasteiger partial charge in [-0.2, -0.15) is 0 Å². The van der Waals surface area contributed by atoms with Gasteiger partial charge >= 0.3 is 0 Å². The molecule has 0 bridgehead atoms. The van der Waals surface area contributed by atoms with Crippen molar-refractivity contribution in [2.75, 3.05) is 23.3 Å². The predicted octanol–water partition coefficient (Wildman–Crippen LogP) is 2.83. The van der Waals surface area contributed by atoms with E-state index in [2.05, 4.69) is 15.6 Å². The maximum atomic E-state index is 12.3. The number of benzene rings is 1. The van der Waals surface area contributed by atoms with E-state index >= 15 is 0 Å². The average molecular weight is 359 g/mol. The summed E-state index contributed by atoms with van der Waals surface area (Å²) in [6.07, 6.45) is 2.49. The van der Waals surface area contributed by atoms with Crippen LogP contribution < -0.4 is 15.5 Å². The van der Waals surface area contributed by atoms with Crippen LogP contribution >= 0.6 is 11.6 Å². The van der Waals surface area contributed by atoms with Crippen LogP contribution in [0.2, 0.25) is 5.15 Å². The third kappa shape index (κ3) is 4.09. The van der Waals surface area contributed by atoms with E-state index in [1.54, 1.807) is 24.4 Å². The summed E-state index contributed by atoms with van der Waals surface area (Å²) in [5.74, 6) is -0.279. The third-order valence-electron chi connectivity index (χ3n) is 3.95. The number of pyridine rings is 1. The van der Waals surface area contributed by atoms with Crippen LogP contribution in [0.25, 0.3) is 0 Å². The number of rotatable bonds is 4. The largest absolute Gasteiger partial charge is 0.358 e. The van der Waals surface area contributed by atoms with Gasteiger partial charge in [-0.1, -0.05) is 24.6 Å². The van der Waals surface area contributed by atoms with E-state index in [1.165, 1.54) is 0 Å². The Morgan fingerprint density at radius 1 is 1.32 bits per heavy atom. The average Bonchev–Trinajstić information content (AvgIpc) is 2.76. The Morgan fingerprint density at radius 3 is 2.92 bits per heavy atom. The Balaban J connectivity index is 1.87. The van der Waals surface area contributed by atoms with Crippen LogP contribution in [0.5, 0.6) is 0 Å².